The Balaban J connectivity index is 1.62. The summed E-state index contributed by atoms with van der Waals surface area (Å²) >= 11 is 0. The number of nitrogens with two attached hydrogens (primary N) is 1. The Morgan fingerprint density at radius 1 is 0.943 bits per heavy atom. The molecule has 3 aromatic carbocycles. The van der Waals surface area contributed by atoms with Crippen LogP contribution in [-0.2, 0) is 17.6 Å². The van der Waals surface area contributed by atoms with E-state index in [2.05, 4.69) is 11.8 Å². The van der Waals surface area contributed by atoms with Crippen LogP contribution in [0.2, 0.25) is 0 Å². The third-order valence-electron chi connectivity index (χ3n) is 5.75. The average molecular weight is 479 g/mol. The number of primary amides is 1. The number of carbonyl (C=O) groups excluding carboxylic acids is 1. The number of phenols is 1. The average Bonchev–Trinajstić information content (AvgIpc) is 2.86. The monoisotopic (exact) mass is 478 g/mol. The normalized spacial score (nSPS) is 12.8. The number of aliphatic hydroxyl groups is 1. The van der Waals surface area contributed by atoms with Crippen LogP contribution in [0.5, 0.6) is 17.2 Å². The lowest BCUT2D eigenvalue weighted by molar-refractivity contribution is -0.119. The molecule has 35 heavy (non-hydrogen) atoms. The SMILES string of the molecule is C[C@H](Cc1ccc(OCC(N)=O)cc1)N(CCc1ccccc1O)C[C@H](O)COc1ccccc1. The molecule has 3 rings (SSSR count). The third kappa shape index (κ3) is 8.96. The van der Waals surface area contributed by atoms with Gasteiger partial charge in [0.2, 0.25) is 0 Å². The standard InChI is InChI=1S/C28H34N2O5/c1-21(17-22-11-13-26(14-12-22)35-20-28(29)33)30(16-15-23-7-5-6-10-27(23)32)18-24(31)19-34-25-8-3-2-4-9-25/h2-14,21,24,31-32H,15-20H2,1H3,(H2,29,33)/t21-,24+/m1/s1. The van der Waals surface area contributed by atoms with Crippen molar-refractivity contribution >= 4 is 5.91 Å². The summed E-state index contributed by atoms with van der Waals surface area (Å²) in [6.07, 6.45) is 0.735. The molecule has 0 spiro atoms. The molecule has 0 fully saturated rings. The lowest BCUT2D eigenvalue weighted by Gasteiger charge is -2.31. The molecule has 2 atom stereocenters. The number of aromatic hydroxyl groups is 1. The zero-order valence-electron chi connectivity index (χ0n) is 20.0. The predicted molar refractivity (Wildman–Crippen MR) is 136 cm³/mol. The Morgan fingerprint density at radius 2 is 1.60 bits per heavy atom. The molecule has 0 aliphatic heterocycles. The van der Waals surface area contributed by atoms with E-state index in [0.29, 0.717) is 25.3 Å². The van der Waals surface area contributed by atoms with Crippen LogP contribution in [0.4, 0.5) is 0 Å². The van der Waals surface area contributed by atoms with Crippen LogP contribution in [0.15, 0.2) is 78.9 Å². The van der Waals surface area contributed by atoms with Gasteiger partial charge in [0.05, 0.1) is 0 Å². The van der Waals surface area contributed by atoms with E-state index < -0.39 is 12.0 Å². The van der Waals surface area contributed by atoms with Crippen molar-refractivity contribution < 1.29 is 24.5 Å². The molecule has 0 bridgehead atoms. The van der Waals surface area contributed by atoms with Crippen molar-refractivity contribution in [2.75, 3.05) is 26.3 Å². The maximum absolute atomic E-state index is 10.9. The number of rotatable bonds is 14. The summed E-state index contributed by atoms with van der Waals surface area (Å²) in [5.74, 6) is 1.07. The molecule has 7 heteroatoms. The van der Waals surface area contributed by atoms with Crippen LogP contribution in [0.3, 0.4) is 0 Å². The van der Waals surface area contributed by atoms with Crippen molar-refractivity contribution in [2.24, 2.45) is 5.73 Å². The predicted octanol–water partition coefficient (Wildman–Crippen LogP) is 3.17. The van der Waals surface area contributed by atoms with Crippen LogP contribution < -0.4 is 15.2 Å². The maximum atomic E-state index is 10.9. The van der Waals surface area contributed by atoms with Gasteiger partial charge < -0.3 is 25.4 Å². The molecule has 0 aliphatic carbocycles. The fourth-order valence-electron chi connectivity index (χ4n) is 3.86. The molecule has 4 N–H and O–H groups in total. The number of nitrogens with zero attached hydrogens (tertiary/aromatic N) is 1. The molecular weight excluding hydrogens is 444 g/mol. The molecule has 0 aliphatic rings. The van der Waals surface area contributed by atoms with Crippen molar-refractivity contribution in [3.05, 3.63) is 90.0 Å². The smallest absolute Gasteiger partial charge is 0.255 e. The van der Waals surface area contributed by atoms with Gasteiger partial charge in [0.15, 0.2) is 6.61 Å². The van der Waals surface area contributed by atoms with Gasteiger partial charge in [-0.3, -0.25) is 9.69 Å². The summed E-state index contributed by atoms with van der Waals surface area (Å²) < 4.78 is 11.1. The van der Waals surface area contributed by atoms with E-state index in [1.54, 1.807) is 12.1 Å². The lowest BCUT2D eigenvalue weighted by Crippen LogP contribution is -2.43. The highest BCUT2D eigenvalue weighted by atomic mass is 16.5. The number of para-hydroxylation sites is 2. The van der Waals surface area contributed by atoms with Crippen molar-refractivity contribution in [2.45, 2.75) is 31.9 Å². The number of aliphatic hydroxyl groups excluding tert-OH is 1. The number of ether oxygens (including phenoxy) is 2. The van der Waals surface area contributed by atoms with Crippen molar-refractivity contribution in [3.63, 3.8) is 0 Å². The number of benzene rings is 3. The Morgan fingerprint density at radius 3 is 2.29 bits per heavy atom. The molecule has 0 saturated heterocycles. The summed E-state index contributed by atoms with van der Waals surface area (Å²) in [6.45, 7) is 3.25. The van der Waals surface area contributed by atoms with Crippen molar-refractivity contribution in [3.8, 4) is 17.2 Å². The molecule has 7 nitrogen and oxygen atoms in total. The summed E-state index contributed by atoms with van der Waals surface area (Å²) in [7, 11) is 0. The van der Waals surface area contributed by atoms with Gasteiger partial charge in [0.25, 0.3) is 5.91 Å². The fourth-order valence-corrected chi connectivity index (χ4v) is 3.86. The van der Waals surface area contributed by atoms with Gasteiger partial charge in [0, 0.05) is 19.1 Å². The van der Waals surface area contributed by atoms with Crippen LogP contribution in [-0.4, -0.2) is 59.5 Å². The van der Waals surface area contributed by atoms with Gasteiger partial charge in [-0.1, -0.05) is 48.5 Å². The molecule has 0 radical (unpaired) electrons. The summed E-state index contributed by atoms with van der Waals surface area (Å²) in [5, 5.41) is 20.9. The first kappa shape index (κ1) is 26.1. The largest absolute Gasteiger partial charge is 0.508 e. The summed E-state index contributed by atoms with van der Waals surface area (Å²) in [5.41, 5.74) is 7.10. The molecule has 0 saturated carbocycles. The molecule has 186 valence electrons. The van der Waals surface area contributed by atoms with Crippen molar-refractivity contribution in [1.82, 2.24) is 4.90 Å². The topological polar surface area (TPSA) is 105 Å². The highest BCUT2D eigenvalue weighted by molar-refractivity contribution is 5.75. The second-order valence-corrected chi connectivity index (χ2v) is 8.60. The summed E-state index contributed by atoms with van der Waals surface area (Å²) in [4.78, 5) is 13.1. The second kappa shape index (κ2) is 13.4. The molecule has 0 aromatic heterocycles. The van der Waals surface area contributed by atoms with E-state index in [9.17, 15) is 15.0 Å². The molecule has 1 amide bonds. The van der Waals surface area contributed by atoms with Gasteiger partial charge in [-0.15, -0.1) is 0 Å². The minimum absolute atomic E-state index is 0.115. The Labute approximate surface area is 206 Å². The Hall–Kier alpha value is -3.55. The first-order chi connectivity index (χ1) is 16.9. The Kier molecular flexibility index (Phi) is 9.95. The van der Waals surface area contributed by atoms with Crippen LogP contribution in [0.1, 0.15) is 18.1 Å². The van der Waals surface area contributed by atoms with Gasteiger partial charge in [-0.05, 0) is 61.2 Å². The zero-order chi connectivity index (χ0) is 25.0. The molecule has 3 aromatic rings. The van der Waals surface area contributed by atoms with Crippen LogP contribution >= 0.6 is 0 Å². The third-order valence-corrected chi connectivity index (χ3v) is 5.75. The molecule has 0 unspecified atom stereocenters. The van der Waals surface area contributed by atoms with E-state index in [1.165, 1.54) is 0 Å². The van der Waals surface area contributed by atoms with Gasteiger partial charge >= 0.3 is 0 Å². The molecule has 0 heterocycles. The first-order valence-electron chi connectivity index (χ1n) is 11.8. The lowest BCUT2D eigenvalue weighted by atomic mass is 10.0. The van der Waals surface area contributed by atoms with Gasteiger partial charge in [0.1, 0.15) is 30.0 Å². The number of phenolic OH excluding ortho intramolecular Hbond substituents is 1. The van der Waals surface area contributed by atoms with E-state index in [-0.39, 0.29) is 25.0 Å². The van der Waals surface area contributed by atoms with Crippen LogP contribution in [0, 0.1) is 0 Å². The Bertz CT molecular complexity index is 1040. The zero-order valence-corrected chi connectivity index (χ0v) is 20.0. The van der Waals surface area contributed by atoms with E-state index >= 15 is 0 Å². The van der Waals surface area contributed by atoms with Gasteiger partial charge in [-0.2, -0.15) is 0 Å². The van der Waals surface area contributed by atoms with Crippen LogP contribution in [0.25, 0.3) is 0 Å². The highest BCUT2D eigenvalue weighted by Gasteiger charge is 2.19. The van der Waals surface area contributed by atoms with Gasteiger partial charge in [-0.25, -0.2) is 0 Å². The van der Waals surface area contributed by atoms with E-state index in [1.807, 2.05) is 66.7 Å². The van der Waals surface area contributed by atoms with Crippen molar-refractivity contribution in [1.29, 1.82) is 0 Å². The first-order valence-corrected chi connectivity index (χ1v) is 11.8. The number of carbonyl (C=O) groups is 1. The minimum atomic E-state index is -0.674. The molecular formula is C28H34N2O5. The maximum Gasteiger partial charge on any atom is 0.255 e. The minimum Gasteiger partial charge on any atom is -0.508 e. The number of hydrogen-bond donors (Lipinski definition) is 3. The quantitative estimate of drug-likeness (QED) is 0.329. The highest BCUT2D eigenvalue weighted by Crippen LogP contribution is 2.19. The summed E-state index contributed by atoms with van der Waals surface area (Å²) in [6, 6.07) is 24.4. The van der Waals surface area contributed by atoms with E-state index in [4.69, 9.17) is 15.2 Å². The fraction of sp³-hybridized carbons (Fsp3) is 0.321. The second-order valence-electron chi connectivity index (χ2n) is 8.60. The van der Waals surface area contributed by atoms with E-state index in [0.717, 1.165) is 23.3 Å². The number of hydrogen-bond acceptors (Lipinski definition) is 6. The number of amides is 1.